The highest BCUT2D eigenvalue weighted by atomic mass is 16.2. The van der Waals surface area contributed by atoms with Gasteiger partial charge in [0.25, 0.3) is 5.91 Å². The minimum absolute atomic E-state index is 0.122. The van der Waals surface area contributed by atoms with Crippen molar-refractivity contribution >= 4 is 22.5 Å². The first kappa shape index (κ1) is 16.1. The topological polar surface area (TPSA) is 55.4 Å². The van der Waals surface area contributed by atoms with Gasteiger partial charge in [-0.2, -0.15) is 0 Å². The normalized spacial score (nSPS) is 15.7. The van der Waals surface area contributed by atoms with Gasteiger partial charge in [0.15, 0.2) is 5.65 Å². The molecule has 3 aromatic heterocycles. The highest BCUT2D eigenvalue weighted by Crippen LogP contribution is 2.29. The first-order valence-corrected chi connectivity index (χ1v) is 9.35. The van der Waals surface area contributed by atoms with E-state index < -0.39 is 0 Å². The zero-order valence-corrected chi connectivity index (χ0v) is 15.2. The molecule has 0 N–H and O–H groups in total. The average Bonchev–Trinajstić information content (AvgIpc) is 3.32. The van der Waals surface area contributed by atoms with Crippen molar-refractivity contribution < 1.29 is 4.79 Å². The summed E-state index contributed by atoms with van der Waals surface area (Å²) >= 11 is 0. The third-order valence-electron chi connectivity index (χ3n) is 5.65. The highest BCUT2D eigenvalue weighted by Gasteiger charge is 2.28. The Morgan fingerprint density at radius 1 is 1.00 bits per heavy atom. The lowest BCUT2D eigenvalue weighted by Gasteiger charge is -2.31. The van der Waals surface area contributed by atoms with Crippen LogP contribution < -0.4 is 0 Å². The number of pyridine rings is 1. The van der Waals surface area contributed by atoms with Gasteiger partial charge in [-0.15, -0.1) is 10.2 Å². The summed E-state index contributed by atoms with van der Waals surface area (Å²) in [5.41, 5.74) is 2.76. The van der Waals surface area contributed by atoms with E-state index in [2.05, 4.69) is 25.2 Å². The molecule has 1 amide bonds. The van der Waals surface area contributed by atoms with Crippen molar-refractivity contribution in [2.45, 2.75) is 18.8 Å². The van der Waals surface area contributed by atoms with E-state index in [1.807, 2.05) is 60.7 Å². The quantitative estimate of drug-likeness (QED) is 0.552. The predicted molar refractivity (Wildman–Crippen MR) is 104 cm³/mol. The molecule has 1 fully saturated rings. The number of fused-ring (bicyclic) bond motifs is 2. The Balaban J connectivity index is 1.36. The van der Waals surface area contributed by atoms with Gasteiger partial charge in [-0.25, -0.2) is 0 Å². The number of likely N-dealkylation sites (tertiary alicyclic amines) is 1. The van der Waals surface area contributed by atoms with Gasteiger partial charge in [-0.3, -0.25) is 9.20 Å². The largest absolute Gasteiger partial charge is 0.351 e. The molecule has 0 unspecified atom stereocenters. The Bertz CT molecular complexity index is 1130. The fourth-order valence-electron chi connectivity index (χ4n) is 4.14. The lowest BCUT2D eigenvalue weighted by molar-refractivity contribution is 0.0713. The number of benzene rings is 1. The molecule has 0 spiro atoms. The first-order valence-electron chi connectivity index (χ1n) is 9.35. The van der Waals surface area contributed by atoms with Crippen molar-refractivity contribution in [1.82, 2.24) is 24.1 Å². The molecule has 27 heavy (non-hydrogen) atoms. The molecule has 4 heterocycles. The van der Waals surface area contributed by atoms with Crippen LogP contribution in [0.25, 0.3) is 16.6 Å². The number of hydrogen-bond acceptors (Lipinski definition) is 3. The van der Waals surface area contributed by atoms with Gasteiger partial charge >= 0.3 is 0 Å². The van der Waals surface area contributed by atoms with Crippen LogP contribution >= 0.6 is 0 Å². The summed E-state index contributed by atoms with van der Waals surface area (Å²) in [5.74, 6) is 1.46. The molecular weight excluding hydrogens is 338 g/mol. The SMILES string of the molecule is Cn1ccc2c(C(=O)N3CCC(c4nnc5ccccn45)CC3)cccc21. The van der Waals surface area contributed by atoms with E-state index in [1.54, 1.807) is 0 Å². The Kier molecular flexibility index (Phi) is 3.70. The van der Waals surface area contributed by atoms with Gasteiger partial charge in [-0.1, -0.05) is 12.1 Å². The summed E-state index contributed by atoms with van der Waals surface area (Å²) in [7, 11) is 2.00. The van der Waals surface area contributed by atoms with Crippen molar-refractivity contribution in [1.29, 1.82) is 0 Å². The van der Waals surface area contributed by atoms with Gasteiger partial charge in [0.1, 0.15) is 5.82 Å². The maximum atomic E-state index is 13.1. The van der Waals surface area contributed by atoms with E-state index in [4.69, 9.17) is 0 Å². The Hall–Kier alpha value is -3.15. The van der Waals surface area contributed by atoms with E-state index in [-0.39, 0.29) is 5.91 Å². The zero-order valence-electron chi connectivity index (χ0n) is 15.2. The Morgan fingerprint density at radius 3 is 2.70 bits per heavy atom. The smallest absolute Gasteiger partial charge is 0.254 e. The third-order valence-corrected chi connectivity index (χ3v) is 5.65. The number of hydrogen-bond donors (Lipinski definition) is 0. The first-order chi connectivity index (χ1) is 13.2. The summed E-state index contributed by atoms with van der Waals surface area (Å²) in [6.07, 6.45) is 5.83. The van der Waals surface area contributed by atoms with Gasteiger partial charge in [-0.05, 0) is 43.2 Å². The van der Waals surface area contributed by atoms with E-state index in [9.17, 15) is 4.79 Å². The number of aryl methyl sites for hydroxylation is 1. The molecule has 6 nitrogen and oxygen atoms in total. The Morgan fingerprint density at radius 2 is 1.85 bits per heavy atom. The third kappa shape index (κ3) is 2.60. The molecule has 4 aromatic rings. The van der Waals surface area contributed by atoms with Gasteiger partial charge in [0.05, 0.1) is 0 Å². The van der Waals surface area contributed by atoms with Crippen LogP contribution in [-0.4, -0.2) is 43.1 Å². The number of rotatable bonds is 2. The summed E-state index contributed by atoms with van der Waals surface area (Å²) in [5, 5.41) is 9.68. The van der Waals surface area contributed by atoms with E-state index in [0.29, 0.717) is 5.92 Å². The fourth-order valence-corrected chi connectivity index (χ4v) is 4.14. The molecule has 1 aromatic carbocycles. The van der Waals surface area contributed by atoms with Crippen LogP contribution in [0.1, 0.15) is 34.9 Å². The molecule has 1 saturated heterocycles. The van der Waals surface area contributed by atoms with Crippen molar-refractivity contribution in [3.8, 4) is 0 Å². The summed E-state index contributed by atoms with van der Waals surface area (Å²) in [6, 6.07) is 13.9. The van der Waals surface area contributed by atoms with Crippen LogP contribution in [0.2, 0.25) is 0 Å². The zero-order chi connectivity index (χ0) is 18.4. The van der Waals surface area contributed by atoms with Crippen LogP contribution in [0.15, 0.2) is 54.9 Å². The Labute approximate surface area is 157 Å². The lowest BCUT2D eigenvalue weighted by atomic mass is 9.95. The van der Waals surface area contributed by atoms with Gasteiger partial charge < -0.3 is 9.47 Å². The van der Waals surface area contributed by atoms with Crippen molar-refractivity contribution in [2.24, 2.45) is 7.05 Å². The molecule has 0 atom stereocenters. The highest BCUT2D eigenvalue weighted by molar-refractivity contribution is 6.06. The second-order valence-electron chi connectivity index (χ2n) is 7.22. The van der Waals surface area contributed by atoms with Crippen LogP contribution in [0.5, 0.6) is 0 Å². The van der Waals surface area contributed by atoms with E-state index >= 15 is 0 Å². The molecule has 6 heteroatoms. The summed E-state index contributed by atoms with van der Waals surface area (Å²) in [4.78, 5) is 15.1. The number of piperidine rings is 1. The number of carbonyl (C=O) groups excluding carboxylic acids is 1. The van der Waals surface area contributed by atoms with Crippen LogP contribution in [0.3, 0.4) is 0 Å². The number of nitrogens with zero attached hydrogens (tertiary/aromatic N) is 5. The van der Waals surface area contributed by atoms with Crippen molar-refractivity contribution in [2.75, 3.05) is 13.1 Å². The summed E-state index contributed by atoms with van der Waals surface area (Å²) < 4.78 is 4.11. The maximum absolute atomic E-state index is 13.1. The molecule has 0 aliphatic carbocycles. The monoisotopic (exact) mass is 359 g/mol. The number of amides is 1. The average molecular weight is 359 g/mol. The predicted octanol–water partition coefficient (Wildman–Crippen LogP) is 3.24. The minimum atomic E-state index is 0.122. The molecule has 0 saturated carbocycles. The minimum Gasteiger partial charge on any atom is -0.351 e. The van der Waals surface area contributed by atoms with Gasteiger partial charge in [0, 0.05) is 54.9 Å². The molecule has 0 radical (unpaired) electrons. The second-order valence-corrected chi connectivity index (χ2v) is 7.22. The molecule has 1 aliphatic heterocycles. The molecular formula is C21H21N5O. The van der Waals surface area contributed by atoms with Crippen LogP contribution in [-0.2, 0) is 7.05 Å². The van der Waals surface area contributed by atoms with Gasteiger partial charge in [0.2, 0.25) is 0 Å². The number of carbonyl (C=O) groups is 1. The van der Waals surface area contributed by atoms with Crippen LogP contribution in [0, 0.1) is 0 Å². The molecule has 136 valence electrons. The molecule has 5 rings (SSSR count). The van der Waals surface area contributed by atoms with Crippen LogP contribution in [0.4, 0.5) is 0 Å². The molecule has 0 bridgehead atoms. The van der Waals surface area contributed by atoms with Crippen molar-refractivity contribution in [3.05, 3.63) is 66.2 Å². The fraction of sp³-hybridized carbons (Fsp3) is 0.286. The standard InChI is InChI=1S/C21H21N5O/c1-24-12-10-16-17(5-4-6-18(16)24)21(27)25-13-8-15(9-14-25)20-23-22-19-7-2-3-11-26(19)20/h2-7,10-12,15H,8-9,13-14H2,1H3. The lowest BCUT2D eigenvalue weighted by Crippen LogP contribution is -2.38. The van der Waals surface area contributed by atoms with E-state index in [1.165, 1.54) is 0 Å². The van der Waals surface area contributed by atoms with E-state index in [0.717, 1.165) is 53.9 Å². The molecule has 1 aliphatic rings. The summed E-state index contributed by atoms with van der Waals surface area (Å²) in [6.45, 7) is 1.49. The second kappa shape index (κ2) is 6.23. The van der Waals surface area contributed by atoms with Crippen molar-refractivity contribution in [3.63, 3.8) is 0 Å². The number of aromatic nitrogens is 4. The maximum Gasteiger partial charge on any atom is 0.254 e.